The fourth-order valence-electron chi connectivity index (χ4n) is 2.68. The number of carbonyl (C=O) groups excluding carboxylic acids is 1. The summed E-state index contributed by atoms with van der Waals surface area (Å²) in [4.78, 5) is 14.4. The number of nitrogens with zero attached hydrogens (tertiary/aromatic N) is 5. The van der Waals surface area contributed by atoms with Crippen molar-refractivity contribution in [2.45, 2.75) is 45.7 Å². The second kappa shape index (κ2) is 7.64. The number of urea groups is 1. The predicted molar refractivity (Wildman–Crippen MR) is 90.2 cm³/mol. The molecule has 0 bridgehead atoms. The molecule has 0 aliphatic carbocycles. The molecule has 2 aromatic heterocycles. The Kier molecular flexibility index (Phi) is 5.32. The number of amides is 2. The van der Waals surface area contributed by atoms with E-state index >= 15 is 0 Å². The highest BCUT2D eigenvalue weighted by molar-refractivity contribution is 5.88. The van der Waals surface area contributed by atoms with Crippen LogP contribution in [-0.4, -0.2) is 50.7 Å². The van der Waals surface area contributed by atoms with Crippen LogP contribution in [0, 0.1) is 0 Å². The third-order valence-electron chi connectivity index (χ3n) is 4.01. The second-order valence-electron chi connectivity index (χ2n) is 6.29. The summed E-state index contributed by atoms with van der Waals surface area (Å²) in [5, 5.41) is 15.3. The number of hydrogen-bond donors (Lipinski definition) is 1. The van der Waals surface area contributed by atoms with Gasteiger partial charge in [-0.15, -0.1) is 10.2 Å². The summed E-state index contributed by atoms with van der Waals surface area (Å²) in [6.45, 7) is 8.04. The molecule has 1 fully saturated rings. The van der Waals surface area contributed by atoms with Crippen molar-refractivity contribution in [2.75, 3.05) is 25.1 Å². The molecular weight excluding hydrogens is 324 g/mol. The topological polar surface area (TPSA) is 98.3 Å². The van der Waals surface area contributed by atoms with E-state index in [0.29, 0.717) is 37.4 Å². The lowest BCUT2D eigenvalue weighted by Crippen LogP contribution is -2.45. The maximum absolute atomic E-state index is 12.8. The molecule has 1 aliphatic heterocycles. The van der Waals surface area contributed by atoms with Gasteiger partial charge in [-0.3, -0.25) is 5.32 Å². The van der Waals surface area contributed by atoms with E-state index in [-0.39, 0.29) is 11.9 Å². The van der Waals surface area contributed by atoms with Crippen LogP contribution < -0.4 is 5.32 Å². The zero-order chi connectivity index (χ0) is 17.8. The summed E-state index contributed by atoms with van der Waals surface area (Å²) in [6, 6.07) is 1.17. The molecule has 0 saturated carbocycles. The lowest BCUT2D eigenvalue weighted by molar-refractivity contribution is 0.00490. The summed E-state index contributed by atoms with van der Waals surface area (Å²) < 4.78 is 13.0. The lowest BCUT2D eigenvalue weighted by atomic mass is 10.2. The van der Waals surface area contributed by atoms with Crippen molar-refractivity contribution in [3.8, 4) is 0 Å². The van der Waals surface area contributed by atoms with Crippen LogP contribution in [0.1, 0.15) is 50.9 Å². The maximum Gasteiger partial charge on any atom is 0.323 e. The smallest absolute Gasteiger partial charge is 0.323 e. The van der Waals surface area contributed by atoms with Gasteiger partial charge < -0.3 is 14.1 Å². The van der Waals surface area contributed by atoms with Crippen molar-refractivity contribution >= 4 is 11.8 Å². The first-order chi connectivity index (χ1) is 12.1. The molecule has 25 heavy (non-hydrogen) atoms. The van der Waals surface area contributed by atoms with Gasteiger partial charge in [0, 0.05) is 25.1 Å². The van der Waals surface area contributed by atoms with E-state index in [4.69, 9.17) is 9.15 Å². The molecule has 2 aromatic rings. The molecule has 3 heterocycles. The van der Waals surface area contributed by atoms with Gasteiger partial charge in [0.25, 0.3) is 0 Å². The van der Waals surface area contributed by atoms with Gasteiger partial charge in [0.05, 0.1) is 19.4 Å². The van der Waals surface area contributed by atoms with Gasteiger partial charge in [-0.2, -0.15) is 5.10 Å². The Bertz CT molecular complexity index is 710. The van der Waals surface area contributed by atoms with Crippen LogP contribution in [0.5, 0.6) is 0 Å². The van der Waals surface area contributed by atoms with Gasteiger partial charge in [0.2, 0.25) is 11.8 Å². The van der Waals surface area contributed by atoms with Crippen LogP contribution in [0.3, 0.4) is 0 Å². The average molecular weight is 348 g/mol. The number of anilines is 1. The van der Waals surface area contributed by atoms with Gasteiger partial charge in [-0.25, -0.2) is 9.48 Å². The first-order valence-electron chi connectivity index (χ1n) is 8.60. The third kappa shape index (κ3) is 3.81. The Morgan fingerprint density at radius 2 is 2.28 bits per heavy atom. The second-order valence-corrected chi connectivity index (χ2v) is 6.29. The van der Waals surface area contributed by atoms with E-state index in [1.807, 2.05) is 13.8 Å². The number of nitrogens with one attached hydrogen (secondary N) is 1. The van der Waals surface area contributed by atoms with Gasteiger partial charge in [-0.05, 0) is 6.42 Å². The van der Waals surface area contributed by atoms with E-state index in [1.54, 1.807) is 21.8 Å². The number of hydrogen-bond acceptors (Lipinski definition) is 6. The number of aromatic nitrogens is 4. The highest BCUT2D eigenvalue weighted by Crippen LogP contribution is 2.25. The van der Waals surface area contributed by atoms with Crippen molar-refractivity contribution in [3.05, 3.63) is 24.0 Å². The van der Waals surface area contributed by atoms with E-state index < -0.39 is 6.04 Å². The normalized spacial score (nSPS) is 17.9. The largest absolute Gasteiger partial charge is 0.423 e. The number of morpholine rings is 1. The summed E-state index contributed by atoms with van der Waals surface area (Å²) >= 11 is 0. The number of aryl methyl sites for hydroxylation is 1. The summed E-state index contributed by atoms with van der Waals surface area (Å²) in [6.07, 6.45) is 2.61. The van der Waals surface area contributed by atoms with Crippen LogP contribution >= 0.6 is 0 Å². The van der Waals surface area contributed by atoms with Crippen molar-refractivity contribution in [2.24, 2.45) is 0 Å². The Hall–Kier alpha value is -2.42. The van der Waals surface area contributed by atoms with Crippen LogP contribution in [0.2, 0.25) is 0 Å². The number of rotatable bonds is 5. The summed E-state index contributed by atoms with van der Waals surface area (Å²) in [7, 11) is 0. The van der Waals surface area contributed by atoms with Crippen molar-refractivity contribution in [1.29, 1.82) is 0 Å². The minimum absolute atomic E-state index is 0.136. The molecule has 1 saturated heterocycles. The van der Waals surface area contributed by atoms with Crippen molar-refractivity contribution in [1.82, 2.24) is 24.9 Å². The average Bonchev–Trinajstić information content (AvgIpc) is 3.25. The van der Waals surface area contributed by atoms with Gasteiger partial charge >= 0.3 is 6.03 Å². The molecule has 9 heteroatoms. The van der Waals surface area contributed by atoms with Crippen molar-refractivity contribution in [3.63, 3.8) is 0 Å². The Morgan fingerprint density at radius 1 is 1.44 bits per heavy atom. The Morgan fingerprint density at radius 3 is 3.00 bits per heavy atom. The highest BCUT2D eigenvalue weighted by Gasteiger charge is 2.33. The molecule has 1 atom stereocenters. The third-order valence-corrected chi connectivity index (χ3v) is 4.01. The van der Waals surface area contributed by atoms with E-state index in [1.165, 1.54) is 0 Å². The fourth-order valence-corrected chi connectivity index (χ4v) is 2.68. The van der Waals surface area contributed by atoms with Gasteiger partial charge in [0.15, 0.2) is 0 Å². The standard InChI is InChI=1S/C16H24N6O3/c1-4-7-22-13(5-6-17-22)18-16(23)21-8-9-24-10-12(21)15-20-19-14(25-15)11(2)3/h5-6,11-12H,4,7-10H2,1-3H3,(H,18,23). The molecule has 0 radical (unpaired) electrons. The van der Waals surface area contributed by atoms with Gasteiger partial charge in [0.1, 0.15) is 11.9 Å². The van der Waals surface area contributed by atoms with Crippen LogP contribution in [0.4, 0.5) is 10.6 Å². The maximum atomic E-state index is 12.8. The SMILES string of the molecule is CCCn1nccc1NC(=O)N1CCOCC1c1nnc(C(C)C)o1. The molecule has 1 N–H and O–H groups in total. The number of carbonyl (C=O) groups is 1. The van der Waals surface area contributed by atoms with E-state index in [0.717, 1.165) is 13.0 Å². The molecule has 1 aliphatic rings. The van der Waals surface area contributed by atoms with Crippen LogP contribution in [0.15, 0.2) is 16.7 Å². The Labute approximate surface area is 146 Å². The van der Waals surface area contributed by atoms with E-state index in [2.05, 4.69) is 27.5 Å². The zero-order valence-corrected chi connectivity index (χ0v) is 14.8. The predicted octanol–water partition coefficient (Wildman–Crippen LogP) is 2.40. The number of ether oxygens (including phenoxy) is 1. The van der Waals surface area contributed by atoms with E-state index in [9.17, 15) is 4.79 Å². The minimum Gasteiger partial charge on any atom is -0.423 e. The Balaban J connectivity index is 1.75. The monoisotopic (exact) mass is 348 g/mol. The molecular formula is C16H24N6O3. The van der Waals surface area contributed by atoms with Crippen LogP contribution in [-0.2, 0) is 11.3 Å². The van der Waals surface area contributed by atoms with Crippen molar-refractivity contribution < 1.29 is 13.9 Å². The highest BCUT2D eigenvalue weighted by atomic mass is 16.5. The summed E-state index contributed by atoms with van der Waals surface area (Å²) in [5.74, 6) is 1.77. The first kappa shape index (κ1) is 17.4. The summed E-state index contributed by atoms with van der Waals surface area (Å²) in [5.41, 5.74) is 0. The minimum atomic E-state index is -0.392. The first-order valence-corrected chi connectivity index (χ1v) is 8.60. The van der Waals surface area contributed by atoms with Crippen LogP contribution in [0.25, 0.3) is 0 Å². The molecule has 136 valence electrons. The quantitative estimate of drug-likeness (QED) is 0.891. The fraction of sp³-hybridized carbons (Fsp3) is 0.625. The lowest BCUT2D eigenvalue weighted by Gasteiger charge is -2.33. The molecule has 0 aromatic carbocycles. The molecule has 9 nitrogen and oxygen atoms in total. The molecule has 0 spiro atoms. The molecule has 3 rings (SSSR count). The molecule has 2 amide bonds. The molecule has 1 unspecified atom stereocenters. The zero-order valence-electron chi connectivity index (χ0n) is 14.8. The van der Waals surface area contributed by atoms with Gasteiger partial charge in [-0.1, -0.05) is 20.8 Å².